The fourth-order valence-corrected chi connectivity index (χ4v) is 4.85. The number of hydrogen-bond acceptors (Lipinski definition) is 3. The number of amides is 1. The van der Waals surface area contributed by atoms with Crippen LogP contribution in [0.4, 0.5) is 14.5 Å². The SMILES string of the molecule is CNC1CC(C)N(c2ccc(-c3ccccc3P(C)(C)=O)c(F)c2F)C1=O. The van der Waals surface area contributed by atoms with E-state index in [1.165, 1.54) is 17.0 Å². The number of carbonyl (C=O) groups excluding carboxylic acids is 1. The summed E-state index contributed by atoms with van der Waals surface area (Å²) in [6.45, 7) is 4.99. The van der Waals surface area contributed by atoms with Gasteiger partial charge in [-0.05, 0) is 51.4 Å². The molecule has 0 saturated carbocycles. The largest absolute Gasteiger partial charge is 0.319 e. The molecule has 2 unspecified atom stereocenters. The lowest BCUT2D eigenvalue weighted by atomic mass is 10.0. The molecular formula is C20H23F2N2O2P. The van der Waals surface area contributed by atoms with E-state index in [1.54, 1.807) is 51.6 Å². The highest BCUT2D eigenvalue weighted by molar-refractivity contribution is 7.70. The molecule has 1 aliphatic rings. The predicted octanol–water partition coefficient (Wildman–Crippen LogP) is 3.59. The van der Waals surface area contributed by atoms with Gasteiger partial charge < -0.3 is 14.8 Å². The second-order valence-corrected chi connectivity index (χ2v) is 10.4. The van der Waals surface area contributed by atoms with Crippen LogP contribution in [-0.2, 0) is 9.36 Å². The summed E-state index contributed by atoms with van der Waals surface area (Å²) in [7, 11) is -1.01. The van der Waals surface area contributed by atoms with Gasteiger partial charge in [0, 0.05) is 16.9 Å². The van der Waals surface area contributed by atoms with Crippen molar-refractivity contribution in [3.05, 3.63) is 48.0 Å². The molecule has 1 heterocycles. The molecule has 0 bridgehead atoms. The Kier molecular flexibility index (Phi) is 5.24. The molecule has 2 aromatic carbocycles. The molecular weight excluding hydrogens is 369 g/mol. The maximum absolute atomic E-state index is 15.0. The van der Waals surface area contributed by atoms with Crippen molar-refractivity contribution in [2.24, 2.45) is 0 Å². The van der Waals surface area contributed by atoms with Crippen LogP contribution in [-0.4, -0.2) is 38.4 Å². The Morgan fingerprint density at radius 3 is 2.33 bits per heavy atom. The average molecular weight is 392 g/mol. The summed E-state index contributed by atoms with van der Waals surface area (Å²) in [5, 5.41) is 3.40. The number of carbonyl (C=O) groups is 1. The number of likely N-dealkylation sites (N-methyl/N-ethyl adjacent to an activating group) is 1. The zero-order chi connectivity index (χ0) is 19.9. The third kappa shape index (κ3) is 3.44. The molecule has 1 saturated heterocycles. The number of anilines is 1. The minimum absolute atomic E-state index is 0.0419. The van der Waals surface area contributed by atoms with Crippen molar-refractivity contribution in [2.45, 2.75) is 25.4 Å². The van der Waals surface area contributed by atoms with E-state index in [0.29, 0.717) is 17.3 Å². The van der Waals surface area contributed by atoms with E-state index in [0.717, 1.165) is 0 Å². The molecule has 0 aliphatic carbocycles. The lowest BCUT2D eigenvalue weighted by Gasteiger charge is -2.23. The van der Waals surface area contributed by atoms with E-state index in [2.05, 4.69) is 5.32 Å². The normalized spacial score (nSPS) is 20.4. The van der Waals surface area contributed by atoms with Crippen molar-refractivity contribution in [1.82, 2.24) is 5.32 Å². The highest BCUT2D eigenvalue weighted by atomic mass is 31.2. The van der Waals surface area contributed by atoms with Crippen LogP contribution in [0.25, 0.3) is 11.1 Å². The molecule has 1 fully saturated rings. The van der Waals surface area contributed by atoms with Gasteiger partial charge in [0.1, 0.15) is 7.14 Å². The molecule has 2 aromatic rings. The van der Waals surface area contributed by atoms with Crippen molar-refractivity contribution in [3.8, 4) is 11.1 Å². The first kappa shape index (κ1) is 19.7. The highest BCUT2D eigenvalue weighted by Gasteiger charge is 2.39. The van der Waals surface area contributed by atoms with Crippen molar-refractivity contribution in [1.29, 1.82) is 0 Å². The summed E-state index contributed by atoms with van der Waals surface area (Å²) in [5.74, 6) is -2.38. The lowest BCUT2D eigenvalue weighted by molar-refractivity contribution is -0.118. The van der Waals surface area contributed by atoms with Gasteiger partial charge in [-0.3, -0.25) is 4.79 Å². The first-order chi connectivity index (χ1) is 12.7. The average Bonchev–Trinajstić information content (AvgIpc) is 2.90. The van der Waals surface area contributed by atoms with Gasteiger partial charge >= 0.3 is 0 Å². The van der Waals surface area contributed by atoms with Crippen molar-refractivity contribution < 1.29 is 18.1 Å². The zero-order valence-corrected chi connectivity index (χ0v) is 16.7. The molecule has 4 nitrogen and oxygen atoms in total. The quantitative estimate of drug-likeness (QED) is 0.809. The Morgan fingerprint density at radius 2 is 1.74 bits per heavy atom. The predicted molar refractivity (Wildman–Crippen MR) is 105 cm³/mol. The van der Waals surface area contributed by atoms with Gasteiger partial charge in [0.15, 0.2) is 11.6 Å². The van der Waals surface area contributed by atoms with Gasteiger partial charge in [0.25, 0.3) is 0 Å². The van der Waals surface area contributed by atoms with E-state index in [4.69, 9.17) is 0 Å². The second-order valence-electron chi connectivity index (χ2n) is 7.26. The number of nitrogens with one attached hydrogen (secondary N) is 1. The Bertz CT molecular complexity index is 942. The van der Waals surface area contributed by atoms with Gasteiger partial charge in [-0.1, -0.05) is 24.3 Å². The fraction of sp³-hybridized carbons (Fsp3) is 0.350. The van der Waals surface area contributed by atoms with Crippen LogP contribution in [0, 0.1) is 11.6 Å². The first-order valence-corrected chi connectivity index (χ1v) is 11.4. The van der Waals surface area contributed by atoms with E-state index >= 15 is 0 Å². The Morgan fingerprint density at radius 1 is 1.07 bits per heavy atom. The summed E-state index contributed by atoms with van der Waals surface area (Å²) >= 11 is 0. The fourth-order valence-electron chi connectivity index (χ4n) is 3.63. The Labute approximate surface area is 157 Å². The van der Waals surface area contributed by atoms with Crippen molar-refractivity contribution in [2.75, 3.05) is 25.3 Å². The summed E-state index contributed by atoms with van der Waals surface area (Å²) in [5.41, 5.74) is 0.378. The molecule has 0 spiro atoms. The van der Waals surface area contributed by atoms with Crippen molar-refractivity contribution in [3.63, 3.8) is 0 Å². The summed E-state index contributed by atoms with van der Waals surface area (Å²) in [6.07, 6.45) is 0.524. The van der Waals surface area contributed by atoms with E-state index in [9.17, 15) is 18.1 Å². The lowest BCUT2D eigenvalue weighted by Crippen LogP contribution is -2.38. The van der Waals surface area contributed by atoms with Crippen LogP contribution in [0.5, 0.6) is 0 Å². The molecule has 1 amide bonds. The first-order valence-electron chi connectivity index (χ1n) is 8.80. The van der Waals surface area contributed by atoms with Crippen LogP contribution >= 0.6 is 7.14 Å². The molecule has 1 N–H and O–H groups in total. The van der Waals surface area contributed by atoms with Crippen LogP contribution in [0.2, 0.25) is 0 Å². The zero-order valence-electron chi connectivity index (χ0n) is 15.8. The van der Waals surface area contributed by atoms with Crippen molar-refractivity contribution >= 4 is 24.0 Å². The number of halogens is 2. The molecule has 2 atom stereocenters. The Balaban J connectivity index is 2.11. The van der Waals surface area contributed by atoms with Crippen LogP contribution in [0.3, 0.4) is 0 Å². The molecule has 144 valence electrons. The standard InChI is InChI=1S/C20H23F2N2O2P/c1-12-11-15(23-2)20(25)24(12)16-10-9-14(18(21)19(16)22)13-7-5-6-8-17(13)27(3,4)26/h5-10,12,15,23H,11H2,1-4H3. The third-order valence-corrected chi connectivity index (χ3v) is 6.55. The number of nitrogens with zero attached hydrogens (tertiary/aromatic N) is 1. The van der Waals surface area contributed by atoms with Gasteiger partial charge in [-0.2, -0.15) is 0 Å². The molecule has 27 heavy (non-hydrogen) atoms. The smallest absolute Gasteiger partial charge is 0.244 e. The summed E-state index contributed by atoms with van der Waals surface area (Å²) < 4.78 is 42.5. The number of rotatable bonds is 4. The van der Waals surface area contributed by atoms with Crippen LogP contribution in [0.15, 0.2) is 36.4 Å². The van der Waals surface area contributed by atoms with Gasteiger partial charge in [0.05, 0.1) is 11.7 Å². The molecule has 0 aromatic heterocycles. The van der Waals surface area contributed by atoms with E-state index in [-0.39, 0.29) is 23.2 Å². The van der Waals surface area contributed by atoms with E-state index in [1.807, 2.05) is 0 Å². The number of hydrogen-bond donors (Lipinski definition) is 1. The van der Waals surface area contributed by atoms with Gasteiger partial charge in [-0.25, -0.2) is 8.78 Å². The maximum Gasteiger partial charge on any atom is 0.244 e. The molecule has 1 aliphatic heterocycles. The highest BCUT2D eigenvalue weighted by Crippen LogP contribution is 2.41. The summed E-state index contributed by atoms with van der Waals surface area (Å²) in [4.78, 5) is 13.8. The minimum Gasteiger partial charge on any atom is -0.319 e. The topological polar surface area (TPSA) is 49.4 Å². The minimum atomic E-state index is -2.68. The van der Waals surface area contributed by atoms with Gasteiger partial charge in [-0.15, -0.1) is 0 Å². The molecule has 0 radical (unpaired) electrons. The second kappa shape index (κ2) is 7.17. The summed E-state index contributed by atoms with van der Waals surface area (Å²) in [6, 6.07) is 8.95. The monoisotopic (exact) mass is 392 g/mol. The third-order valence-electron chi connectivity index (χ3n) is 5.00. The maximum atomic E-state index is 15.0. The molecule has 3 rings (SSSR count). The Hall–Kier alpha value is -2.04. The molecule has 7 heteroatoms. The number of benzene rings is 2. The van der Waals surface area contributed by atoms with E-state index < -0.39 is 24.8 Å². The van der Waals surface area contributed by atoms with Crippen LogP contribution < -0.4 is 15.5 Å². The van der Waals surface area contributed by atoms with Crippen LogP contribution in [0.1, 0.15) is 13.3 Å². The van der Waals surface area contributed by atoms with Gasteiger partial charge in [0.2, 0.25) is 5.91 Å².